The molecule has 1 heterocycles. The molecule has 1 fully saturated rings. The average Bonchev–Trinajstić information content (AvgIpc) is 2.65. The number of amides is 1. The fourth-order valence-electron chi connectivity index (χ4n) is 2.01. The molecule has 0 spiro atoms. The Bertz CT molecular complexity index is 190. The lowest BCUT2D eigenvalue weighted by Gasteiger charge is -2.15. The Morgan fingerprint density at radius 3 is 2.60 bits per heavy atom. The molecule has 0 atom stereocenters. The van der Waals surface area contributed by atoms with Crippen LogP contribution in [0.5, 0.6) is 0 Å². The molecule has 0 bridgehead atoms. The van der Waals surface area contributed by atoms with Gasteiger partial charge in [-0.15, -0.1) is 0 Å². The standard InChI is InChI=1S/C12H23NO2/c1-3-11(4-2)7-5-6-9-13-12(14)8-10-15-13/h11H,3-10H2,1-2H3. The maximum absolute atomic E-state index is 11.2. The number of hydrogen-bond acceptors (Lipinski definition) is 2. The number of nitrogens with zero attached hydrogens (tertiary/aromatic N) is 1. The zero-order chi connectivity index (χ0) is 11.1. The molecule has 1 saturated heterocycles. The molecule has 3 nitrogen and oxygen atoms in total. The summed E-state index contributed by atoms with van der Waals surface area (Å²) in [7, 11) is 0. The summed E-state index contributed by atoms with van der Waals surface area (Å²) < 4.78 is 0. The molecule has 0 unspecified atom stereocenters. The third-order valence-electron chi connectivity index (χ3n) is 3.22. The third kappa shape index (κ3) is 4.20. The smallest absolute Gasteiger partial charge is 0.248 e. The van der Waals surface area contributed by atoms with E-state index in [4.69, 9.17) is 4.84 Å². The van der Waals surface area contributed by atoms with Gasteiger partial charge < -0.3 is 0 Å². The van der Waals surface area contributed by atoms with Gasteiger partial charge in [0.15, 0.2) is 0 Å². The van der Waals surface area contributed by atoms with E-state index in [1.807, 2.05) is 0 Å². The zero-order valence-corrected chi connectivity index (χ0v) is 10.00. The Labute approximate surface area is 92.7 Å². The second kappa shape index (κ2) is 6.83. The monoisotopic (exact) mass is 213 g/mol. The van der Waals surface area contributed by atoms with Crippen LogP contribution in [0.15, 0.2) is 0 Å². The van der Waals surface area contributed by atoms with Gasteiger partial charge in [-0.3, -0.25) is 9.63 Å². The topological polar surface area (TPSA) is 29.5 Å². The summed E-state index contributed by atoms with van der Waals surface area (Å²) >= 11 is 0. The highest BCUT2D eigenvalue weighted by molar-refractivity contribution is 5.76. The summed E-state index contributed by atoms with van der Waals surface area (Å²) in [6, 6.07) is 0. The van der Waals surface area contributed by atoms with Gasteiger partial charge in [-0.25, -0.2) is 5.06 Å². The van der Waals surface area contributed by atoms with Crippen LogP contribution in [0.4, 0.5) is 0 Å². The first-order valence-corrected chi connectivity index (χ1v) is 6.21. The minimum absolute atomic E-state index is 0.150. The molecule has 1 aliphatic heterocycles. The molecule has 15 heavy (non-hydrogen) atoms. The molecule has 3 heteroatoms. The van der Waals surface area contributed by atoms with Crippen molar-refractivity contribution in [1.82, 2.24) is 5.06 Å². The first-order chi connectivity index (χ1) is 7.27. The molecule has 1 aliphatic rings. The lowest BCUT2D eigenvalue weighted by Crippen LogP contribution is -2.24. The van der Waals surface area contributed by atoms with Crippen molar-refractivity contribution >= 4 is 5.91 Å². The number of carbonyl (C=O) groups excluding carboxylic acids is 1. The maximum atomic E-state index is 11.2. The quantitative estimate of drug-likeness (QED) is 0.609. The molecular formula is C12H23NO2. The van der Waals surface area contributed by atoms with E-state index < -0.39 is 0 Å². The van der Waals surface area contributed by atoms with Crippen LogP contribution in [0, 0.1) is 5.92 Å². The highest BCUT2D eigenvalue weighted by atomic mass is 16.7. The zero-order valence-electron chi connectivity index (χ0n) is 10.00. The number of hydrogen-bond donors (Lipinski definition) is 0. The molecular weight excluding hydrogens is 190 g/mol. The lowest BCUT2D eigenvalue weighted by molar-refractivity contribution is -0.161. The molecule has 0 radical (unpaired) electrons. The van der Waals surface area contributed by atoms with Gasteiger partial charge in [0.25, 0.3) is 0 Å². The van der Waals surface area contributed by atoms with Crippen molar-refractivity contribution in [3.8, 4) is 0 Å². The third-order valence-corrected chi connectivity index (χ3v) is 3.22. The van der Waals surface area contributed by atoms with E-state index in [-0.39, 0.29) is 5.91 Å². The van der Waals surface area contributed by atoms with Gasteiger partial charge in [-0.05, 0) is 12.3 Å². The van der Waals surface area contributed by atoms with Crippen LogP contribution in [0.2, 0.25) is 0 Å². The van der Waals surface area contributed by atoms with Gasteiger partial charge in [0.1, 0.15) is 0 Å². The van der Waals surface area contributed by atoms with Crippen LogP contribution >= 0.6 is 0 Å². The Kier molecular flexibility index (Phi) is 5.69. The summed E-state index contributed by atoms with van der Waals surface area (Å²) in [4.78, 5) is 16.4. The van der Waals surface area contributed by atoms with Crippen molar-refractivity contribution in [3.05, 3.63) is 0 Å². The highest BCUT2D eigenvalue weighted by Crippen LogP contribution is 2.16. The summed E-state index contributed by atoms with van der Waals surface area (Å²) in [6.07, 6.45) is 6.68. The van der Waals surface area contributed by atoms with Crippen LogP contribution in [0.25, 0.3) is 0 Å². The SMILES string of the molecule is CCC(CC)CCCCN1OCCC1=O. The van der Waals surface area contributed by atoms with Gasteiger partial charge in [0.2, 0.25) is 5.91 Å². The van der Waals surface area contributed by atoms with Crippen molar-refractivity contribution in [2.75, 3.05) is 13.2 Å². The predicted molar refractivity (Wildman–Crippen MR) is 60.2 cm³/mol. The minimum atomic E-state index is 0.150. The van der Waals surface area contributed by atoms with Crippen molar-refractivity contribution in [1.29, 1.82) is 0 Å². The Balaban J connectivity index is 2.03. The minimum Gasteiger partial charge on any atom is -0.272 e. The average molecular weight is 213 g/mol. The van der Waals surface area contributed by atoms with E-state index in [0.29, 0.717) is 13.0 Å². The molecule has 0 N–H and O–H groups in total. The first-order valence-electron chi connectivity index (χ1n) is 6.21. The van der Waals surface area contributed by atoms with Gasteiger partial charge in [0.05, 0.1) is 13.0 Å². The van der Waals surface area contributed by atoms with E-state index in [2.05, 4.69) is 13.8 Å². The second-order valence-corrected chi connectivity index (χ2v) is 4.26. The molecule has 0 aromatic heterocycles. The van der Waals surface area contributed by atoms with Crippen molar-refractivity contribution in [2.24, 2.45) is 5.92 Å². The summed E-state index contributed by atoms with van der Waals surface area (Å²) in [5, 5.41) is 1.53. The number of rotatable bonds is 7. The van der Waals surface area contributed by atoms with E-state index in [9.17, 15) is 4.79 Å². The van der Waals surface area contributed by atoms with E-state index >= 15 is 0 Å². The van der Waals surface area contributed by atoms with Gasteiger partial charge in [0, 0.05) is 6.54 Å². The van der Waals surface area contributed by atoms with Crippen molar-refractivity contribution < 1.29 is 9.63 Å². The number of hydroxylamine groups is 2. The normalized spacial score (nSPS) is 16.7. The fourth-order valence-corrected chi connectivity index (χ4v) is 2.01. The Hall–Kier alpha value is -0.570. The van der Waals surface area contributed by atoms with Crippen molar-refractivity contribution in [3.63, 3.8) is 0 Å². The van der Waals surface area contributed by atoms with Gasteiger partial charge in [-0.1, -0.05) is 39.5 Å². The molecule has 1 rings (SSSR count). The number of carbonyl (C=O) groups is 1. The van der Waals surface area contributed by atoms with Crippen LogP contribution in [-0.2, 0) is 9.63 Å². The summed E-state index contributed by atoms with van der Waals surface area (Å²) in [5.41, 5.74) is 0. The first kappa shape index (κ1) is 12.5. The highest BCUT2D eigenvalue weighted by Gasteiger charge is 2.20. The Morgan fingerprint density at radius 1 is 1.33 bits per heavy atom. The predicted octanol–water partition coefficient (Wildman–Crippen LogP) is 2.76. The van der Waals surface area contributed by atoms with Crippen LogP contribution in [0.3, 0.4) is 0 Å². The lowest BCUT2D eigenvalue weighted by atomic mass is 9.97. The Morgan fingerprint density at radius 2 is 2.07 bits per heavy atom. The van der Waals surface area contributed by atoms with Gasteiger partial charge in [-0.2, -0.15) is 0 Å². The van der Waals surface area contributed by atoms with Crippen molar-refractivity contribution in [2.45, 2.75) is 52.4 Å². The molecule has 0 saturated carbocycles. The van der Waals surface area contributed by atoms with E-state index in [0.717, 1.165) is 18.9 Å². The molecule has 1 amide bonds. The fraction of sp³-hybridized carbons (Fsp3) is 0.917. The van der Waals surface area contributed by atoms with Gasteiger partial charge >= 0.3 is 0 Å². The maximum Gasteiger partial charge on any atom is 0.248 e. The molecule has 0 aliphatic carbocycles. The van der Waals surface area contributed by atoms with E-state index in [1.54, 1.807) is 0 Å². The van der Waals surface area contributed by atoms with Crippen LogP contribution < -0.4 is 0 Å². The summed E-state index contributed by atoms with van der Waals surface area (Å²) in [6.45, 7) is 5.85. The molecule has 88 valence electrons. The second-order valence-electron chi connectivity index (χ2n) is 4.26. The van der Waals surface area contributed by atoms with Crippen LogP contribution in [0.1, 0.15) is 52.4 Å². The molecule has 0 aromatic rings. The van der Waals surface area contributed by atoms with E-state index in [1.165, 1.54) is 30.7 Å². The largest absolute Gasteiger partial charge is 0.272 e. The van der Waals surface area contributed by atoms with Crippen LogP contribution in [-0.4, -0.2) is 24.1 Å². The number of unbranched alkanes of at least 4 members (excludes halogenated alkanes) is 1. The summed E-state index contributed by atoms with van der Waals surface area (Å²) in [5.74, 6) is 1.01. The molecule has 0 aromatic carbocycles.